The molecule has 2 aliphatic rings. The Morgan fingerprint density at radius 3 is 2.85 bits per heavy atom. The molecule has 1 atom stereocenters. The number of ether oxygens (including phenoxy) is 1. The molecular formula is C21H26FN3O2. The average molecular weight is 371 g/mol. The zero-order chi connectivity index (χ0) is 18.9. The van der Waals surface area contributed by atoms with Crippen molar-refractivity contribution < 1.29 is 13.9 Å². The Balaban J connectivity index is 1.44. The highest BCUT2D eigenvalue weighted by atomic mass is 19.1. The van der Waals surface area contributed by atoms with Gasteiger partial charge >= 0.3 is 0 Å². The molecular weight excluding hydrogens is 345 g/mol. The minimum Gasteiger partial charge on any atom is -0.365 e. The first kappa shape index (κ1) is 18.2. The van der Waals surface area contributed by atoms with Gasteiger partial charge in [0, 0.05) is 36.9 Å². The Kier molecular flexibility index (Phi) is 5.00. The van der Waals surface area contributed by atoms with Gasteiger partial charge in [-0.3, -0.25) is 9.89 Å². The van der Waals surface area contributed by atoms with Crippen molar-refractivity contribution in [2.45, 2.75) is 50.5 Å². The second-order valence-electron chi connectivity index (χ2n) is 7.81. The molecule has 144 valence electrons. The van der Waals surface area contributed by atoms with Crippen LogP contribution in [-0.2, 0) is 9.53 Å². The van der Waals surface area contributed by atoms with Gasteiger partial charge in [-0.1, -0.05) is 12.1 Å². The van der Waals surface area contributed by atoms with Gasteiger partial charge < -0.3 is 9.64 Å². The Hall–Kier alpha value is -2.21. The summed E-state index contributed by atoms with van der Waals surface area (Å²) in [6.45, 7) is 4.02. The fraction of sp³-hybridized carbons (Fsp3) is 0.524. The first-order valence-electron chi connectivity index (χ1n) is 9.79. The van der Waals surface area contributed by atoms with Crippen molar-refractivity contribution in [2.24, 2.45) is 0 Å². The topological polar surface area (TPSA) is 58.2 Å². The Bertz CT molecular complexity index is 805. The first-order chi connectivity index (χ1) is 13.1. The van der Waals surface area contributed by atoms with Crippen molar-refractivity contribution in [1.29, 1.82) is 0 Å². The number of carbonyl (C=O) groups is 1. The standard InChI is InChI=1S/C21H26FN3O2/c1-21(9-2-3-12-27-21)20(26)25-10-7-15(8-11-25)19-18(14-23-24-19)16-5-4-6-17(22)13-16/h4-6,13-15H,2-3,7-12H2,1H3,(H,23,24). The molecule has 2 aliphatic heterocycles. The Morgan fingerprint density at radius 2 is 2.15 bits per heavy atom. The number of hydrogen-bond donors (Lipinski definition) is 1. The van der Waals surface area contributed by atoms with Crippen LogP contribution < -0.4 is 0 Å². The number of carbonyl (C=O) groups excluding carboxylic acids is 1. The molecule has 6 heteroatoms. The molecule has 2 aromatic rings. The maximum Gasteiger partial charge on any atom is 0.254 e. The number of nitrogens with one attached hydrogen (secondary N) is 1. The molecule has 1 N–H and O–H groups in total. The molecule has 0 bridgehead atoms. The molecule has 27 heavy (non-hydrogen) atoms. The summed E-state index contributed by atoms with van der Waals surface area (Å²) in [6.07, 6.45) is 6.38. The maximum atomic E-state index is 13.6. The molecule has 0 aliphatic carbocycles. The second kappa shape index (κ2) is 7.43. The van der Waals surface area contributed by atoms with Crippen LogP contribution in [0.2, 0.25) is 0 Å². The van der Waals surface area contributed by atoms with Crippen LogP contribution in [0, 0.1) is 5.82 Å². The molecule has 1 aromatic carbocycles. The molecule has 1 amide bonds. The highest BCUT2D eigenvalue weighted by molar-refractivity contribution is 5.85. The van der Waals surface area contributed by atoms with Gasteiger partial charge in [0.25, 0.3) is 5.91 Å². The van der Waals surface area contributed by atoms with Crippen LogP contribution in [-0.4, -0.2) is 46.3 Å². The fourth-order valence-electron chi connectivity index (χ4n) is 4.30. The monoisotopic (exact) mass is 371 g/mol. The lowest BCUT2D eigenvalue weighted by atomic mass is 9.88. The summed E-state index contributed by atoms with van der Waals surface area (Å²) in [4.78, 5) is 14.9. The third kappa shape index (κ3) is 3.63. The number of benzene rings is 1. The van der Waals surface area contributed by atoms with Crippen LogP contribution in [0.5, 0.6) is 0 Å². The van der Waals surface area contributed by atoms with Gasteiger partial charge in [-0.15, -0.1) is 0 Å². The van der Waals surface area contributed by atoms with E-state index in [1.165, 1.54) is 12.1 Å². The SMILES string of the molecule is CC1(C(=O)N2CCC(c3[nH]ncc3-c3cccc(F)c3)CC2)CCCCO1. The predicted molar refractivity (Wildman–Crippen MR) is 101 cm³/mol. The number of H-pyrrole nitrogens is 1. The van der Waals surface area contributed by atoms with Crippen LogP contribution in [0.25, 0.3) is 11.1 Å². The lowest BCUT2D eigenvalue weighted by Gasteiger charge is -2.40. The number of aromatic nitrogens is 2. The van der Waals surface area contributed by atoms with Crippen molar-refractivity contribution in [3.05, 3.63) is 42.0 Å². The van der Waals surface area contributed by atoms with E-state index in [0.29, 0.717) is 19.7 Å². The quantitative estimate of drug-likeness (QED) is 0.891. The highest BCUT2D eigenvalue weighted by Crippen LogP contribution is 2.35. The van der Waals surface area contributed by atoms with Gasteiger partial charge in [-0.2, -0.15) is 5.10 Å². The first-order valence-corrected chi connectivity index (χ1v) is 9.79. The number of likely N-dealkylation sites (tertiary alicyclic amines) is 1. The molecule has 3 heterocycles. The van der Waals surface area contributed by atoms with Gasteiger partial charge in [-0.05, 0) is 56.7 Å². The molecule has 1 aromatic heterocycles. The van der Waals surface area contributed by atoms with E-state index in [2.05, 4.69) is 10.2 Å². The summed E-state index contributed by atoms with van der Waals surface area (Å²) >= 11 is 0. The van der Waals surface area contributed by atoms with Crippen LogP contribution in [0.4, 0.5) is 4.39 Å². The van der Waals surface area contributed by atoms with Gasteiger partial charge in [0.05, 0.1) is 6.20 Å². The van der Waals surface area contributed by atoms with Crippen LogP contribution >= 0.6 is 0 Å². The Morgan fingerprint density at radius 1 is 1.33 bits per heavy atom. The minimum absolute atomic E-state index is 0.121. The predicted octanol–water partition coefficient (Wildman–Crippen LogP) is 3.88. The summed E-state index contributed by atoms with van der Waals surface area (Å²) in [5, 5.41) is 7.30. The summed E-state index contributed by atoms with van der Waals surface area (Å²) in [6, 6.07) is 6.60. The third-order valence-electron chi connectivity index (χ3n) is 5.92. The van der Waals surface area contributed by atoms with E-state index >= 15 is 0 Å². The third-order valence-corrected chi connectivity index (χ3v) is 5.92. The van der Waals surface area contributed by atoms with Crippen molar-refractivity contribution in [1.82, 2.24) is 15.1 Å². The summed E-state index contributed by atoms with van der Waals surface area (Å²) in [7, 11) is 0. The van der Waals surface area contributed by atoms with Gasteiger partial charge in [-0.25, -0.2) is 4.39 Å². The highest BCUT2D eigenvalue weighted by Gasteiger charge is 2.40. The zero-order valence-corrected chi connectivity index (χ0v) is 15.7. The second-order valence-corrected chi connectivity index (χ2v) is 7.81. The van der Waals surface area contributed by atoms with E-state index in [9.17, 15) is 9.18 Å². The molecule has 0 saturated carbocycles. The van der Waals surface area contributed by atoms with Crippen molar-refractivity contribution in [3.8, 4) is 11.1 Å². The van der Waals surface area contributed by atoms with Crippen molar-refractivity contribution >= 4 is 5.91 Å². The molecule has 2 saturated heterocycles. The lowest BCUT2D eigenvalue weighted by Crippen LogP contribution is -2.52. The van der Waals surface area contributed by atoms with E-state index in [1.807, 2.05) is 17.9 Å². The largest absolute Gasteiger partial charge is 0.365 e. The van der Waals surface area contributed by atoms with E-state index in [-0.39, 0.29) is 17.6 Å². The molecule has 5 nitrogen and oxygen atoms in total. The number of rotatable bonds is 3. The van der Waals surface area contributed by atoms with E-state index < -0.39 is 5.60 Å². The minimum atomic E-state index is -0.661. The molecule has 0 radical (unpaired) electrons. The normalized spacial score (nSPS) is 24.1. The van der Waals surface area contributed by atoms with Gasteiger partial charge in [0.15, 0.2) is 0 Å². The van der Waals surface area contributed by atoms with Crippen LogP contribution in [0.15, 0.2) is 30.5 Å². The summed E-state index contributed by atoms with van der Waals surface area (Å²) < 4.78 is 19.4. The van der Waals surface area contributed by atoms with Crippen molar-refractivity contribution in [2.75, 3.05) is 19.7 Å². The number of amides is 1. The summed E-state index contributed by atoms with van der Waals surface area (Å²) in [5.74, 6) is 0.159. The molecule has 2 fully saturated rings. The fourth-order valence-corrected chi connectivity index (χ4v) is 4.30. The van der Waals surface area contributed by atoms with Gasteiger partial charge in [0.1, 0.15) is 11.4 Å². The number of nitrogens with zero attached hydrogens (tertiary/aromatic N) is 2. The smallest absolute Gasteiger partial charge is 0.254 e. The molecule has 0 spiro atoms. The number of halogens is 1. The van der Waals surface area contributed by atoms with Crippen molar-refractivity contribution in [3.63, 3.8) is 0 Å². The number of hydrogen-bond acceptors (Lipinski definition) is 3. The molecule has 1 unspecified atom stereocenters. The maximum absolute atomic E-state index is 13.6. The summed E-state index contributed by atoms with van der Waals surface area (Å²) in [5.41, 5.74) is 2.15. The molecule has 4 rings (SSSR count). The zero-order valence-electron chi connectivity index (χ0n) is 15.7. The van der Waals surface area contributed by atoms with Crippen LogP contribution in [0.3, 0.4) is 0 Å². The van der Waals surface area contributed by atoms with Crippen LogP contribution in [0.1, 0.15) is 50.6 Å². The Labute approximate surface area is 158 Å². The number of piperidine rings is 1. The van der Waals surface area contributed by atoms with E-state index in [4.69, 9.17) is 4.74 Å². The van der Waals surface area contributed by atoms with E-state index in [1.54, 1.807) is 12.3 Å². The lowest BCUT2D eigenvalue weighted by molar-refractivity contribution is -0.163. The average Bonchev–Trinajstić information content (AvgIpc) is 3.18. The number of aromatic amines is 1. The van der Waals surface area contributed by atoms with E-state index in [0.717, 1.165) is 48.9 Å². The van der Waals surface area contributed by atoms with Gasteiger partial charge in [0.2, 0.25) is 0 Å².